The average Bonchev–Trinajstić information content (AvgIpc) is 3.53. The van der Waals surface area contributed by atoms with Crippen LogP contribution in [0.1, 0.15) is 6.42 Å². The molecule has 3 heterocycles. The molecule has 37 heavy (non-hydrogen) atoms. The van der Waals surface area contributed by atoms with Crippen molar-refractivity contribution in [2.75, 3.05) is 26.1 Å². The number of rotatable bonds is 9. The molecular formula is C27H24ClN5O3S. The Morgan fingerprint density at radius 2 is 1.84 bits per heavy atom. The highest BCUT2D eigenvalue weighted by Gasteiger charge is 2.24. The van der Waals surface area contributed by atoms with Crippen LogP contribution in [-0.2, 0) is 11.8 Å². The maximum Gasteiger partial charge on any atom is 0.183 e. The zero-order valence-electron chi connectivity index (χ0n) is 20.5. The first-order valence-electron chi connectivity index (χ1n) is 11.5. The first kappa shape index (κ1) is 24.7. The summed E-state index contributed by atoms with van der Waals surface area (Å²) in [4.78, 5) is 27.0. The van der Waals surface area contributed by atoms with Gasteiger partial charge in [-0.25, -0.2) is 15.0 Å². The van der Waals surface area contributed by atoms with Crippen LogP contribution in [0.3, 0.4) is 0 Å². The van der Waals surface area contributed by atoms with E-state index in [2.05, 4.69) is 10.3 Å². The van der Waals surface area contributed by atoms with Gasteiger partial charge in [0.1, 0.15) is 34.1 Å². The summed E-state index contributed by atoms with van der Waals surface area (Å²) in [6, 6.07) is 13.4. The summed E-state index contributed by atoms with van der Waals surface area (Å²) in [7, 11) is 5.16. The van der Waals surface area contributed by atoms with E-state index in [1.807, 2.05) is 60.3 Å². The van der Waals surface area contributed by atoms with Crippen molar-refractivity contribution in [3.8, 4) is 44.6 Å². The minimum atomic E-state index is 0.348. The number of carbonyl (C=O) groups excluding carboxylic acids is 1. The number of methoxy groups -OCH3 is 2. The molecule has 5 rings (SSSR count). The van der Waals surface area contributed by atoms with Gasteiger partial charge < -0.3 is 24.2 Å². The van der Waals surface area contributed by atoms with Crippen molar-refractivity contribution in [3.63, 3.8) is 0 Å². The molecule has 3 aromatic heterocycles. The molecule has 0 aliphatic heterocycles. The summed E-state index contributed by atoms with van der Waals surface area (Å²) in [5, 5.41) is 4.78. The first-order valence-corrected chi connectivity index (χ1v) is 12.7. The van der Waals surface area contributed by atoms with E-state index in [9.17, 15) is 4.79 Å². The Morgan fingerprint density at radius 3 is 2.51 bits per heavy atom. The molecule has 0 unspecified atom stereocenters. The lowest BCUT2D eigenvalue weighted by atomic mass is 9.99. The van der Waals surface area contributed by atoms with Gasteiger partial charge in [-0.05, 0) is 35.9 Å². The number of hydrogen-bond acceptors (Lipinski definition) is 8. The first-order chi connectivity index (χ1) is 18.0. The number of thiophene rings is 1. The van der Waals surface area contributed by atoms with Crippen molar-refractivity contribution in [2.24, 2.45) is 7.05 Å². The lowest BCUT2D eigenvalue weighted by molar-refractivity contribution is -0.107. The molecule has 0 radical (unpaired) electrons. The number of carbonyl (C=O) groups is 1. The predicted molar refractivity (Wildman–Crippen MR) is 148 cm³/mol. The number of benzene rings is 2. The zero-order valence-corrected chi connectivity index (χ0v) is 22.1. The molecule has 0 atom stereocenters. The second-order valence-electron chi connectivity index (χ2n) is 8.26. The second-order valence-corrected chi connectivity index (χ2v) is 9.67. The van der Waals surface area contributed by atoms with E-state index in [1.54, 1.807) is 20.5 Å². The number of nitrogens with one attached hydrogen (secondary N) is 1. The van der Waals surface area contributed by atoms with Crippen LogP contribution in [0.4, 0.5) is 5.82 Å². The minimum absolute atomic E-state index is 0.348. The molecule has 1 N–H and O–H groups in total. The third kappa shape index (κ3) is 4.87. The number of hydrogen-bond donors (Lipinski definition) is 1. The highest BCUT2D eigenvalue weighted by molar-refractivity contribution is 7.22. The van der Waals surface area contributed by atoms with Crippen LogP contribution in [0.25, 0.3) is 43.3 Å². The van der Waals surface area contributed by atoms with Crippen molar-refractivity contribution >= 4 is 45.3 Å². The number of ether oxygens (including phenoxy) is 2. The standard InChI is InChI=1S/C27H24ClN5O3S/c1-33-14-21(30-15-33)25-31-26(29-11-4-12-34)23-22(16-5-7-17(35-2)8-6-16)24(37-27(23)32-25)19-13-18(36-3)9-10-20(19)28/h5-10,12-15H,4,11H2,1-3H3,(H,29,31,32). The molecular weight excluding hydrogens is 510 g/mol. The van der Waals surface area contributed by atoms with E-state index >= 15 is 0 Å². The normalized spacial score (nSPS) is 11.0. The summed E-state index contributed by atoms with van der Waals surface area (Å²) in [5.41, 5.74) is 3.36. The van der Waals surface area contributed by atoms with Crippen molar-refractivity contribution in [1.82, 2.24) is 19.5 Å². The Kier molecular flexibility index (Phi) is 7.07. The molecule has 0 aliphatic carbocycles. The number of aryl methyl sites for hydroxylation is 1. The molecule has 8 nitrogen and oxygen atoms in total. The molecule has 2 aromatic carbocycles. The van der Waals surface area contributed by atoms with Crippen LogP contribution < -0.4 is 14.8 Å². The van der Waals surface area contributed by atoms with E-state index in [0.717, 1.165) is 43.8 Å². The third-order valence-electron chi connectivity index (χ3n) is 5.84. The lowest BCUT2D eigenvalue weighted by Crippen LogP contribution is -2.06. The second kappa shape index (κ2) is 10.6. The van der Waals surface area contributed by atoms with Gasteiger partial charge in [0.05, 0.1) is 25.9 Å². The van der Waals surface area contributed by atoms with Crippen LogP contribution in [0.2, 0.25) is 5.02 Å². The van der Waals surface area contributed by atoms with Gasteiger partial charge >= 0.3 is 0 Å². The molecule has 5 aromatic rings. The van der Waals surface area contributed by atoms with Gasteiger partial charge in [-0.2, -0.15) is 0 Å². The largest absolute Gasteiger partial charge is 0.497 e. The summed E-state index contributed by atoms with van der Waals surface area (Å²) >= 11 is 8.24. The third-order valence-corrected chi connectivity index (χ3v) is 7.28. The summed E-state index contributed by atoms with van der Waals surface area (Å²) in [6.45, 7) is 0.435. The Hall–Kier alpha value is -3.95. The zero-order chi connectivity index (χ0) is 25.9. The fraction of sp³-hybridized carbons (Fsp3) is 0.185. The van der Waals surface area contributed by atoms with Crippen molar-refractivity contribution in [1.29, 1.82) is 0 Å². The van der Waals surface area contributed by atoms with Crippen molar-refractivity contribution < 1.29 is 14.3 Å². The number of fused-ring (bicyclic) bond motifs is 1. The fourth-order valence-corrected chi connectivity index (χ4v) is 5.54. The molecule has 0 saturated heterocycles. The van der Waals surface area contributed by atoms with Crippen molar-refractivity contribution in [2.45, 2.75) is 6.42 Å². The molecule has 10 heteroatoms. The lowest BCUT2D eigenvalue weighted by Gasteiger charge is -2.12. The minimum Gasteiger partial charge on any atom is -0.497 e. The van der Waals surface area contributed by atoms with Gasteiger partial charge in [0, 0.05) is 47.2 Å². The fourth-order valence-electron chi connectivity index (χ4n) is 4.05. The van der Waals surface area contributed by atoms with E-state index in [0.29, 0.717) is 41.1 Å². The maximum absolute atomic E-state index is 11.1. The Morgan fingerprint density at radius 1 is 1.08 bits per heavy atom. The molecule has 0 bridgehead atoms. The van der Waals surface area contributed by atoms with Crippen LogP contribution in [0.5, 0.6) is 11.5 Å². The summed E-state index contributed by atoms with van der Waals surface area (Å²) in [6.07, 6.45) is 4.81. The van der Waals surface area contributed by atoms with Crippen LogP contribution in [0.15, 0.2) is 55.0 Å². The molecule has 0 amide bonds. The number of imidazole rings is 1. The molecule has 0 aliphatic rings. The number of nitrogens with zero attached hydrogens (tertiary/aromatic N) is 4. The van der Waals surface area contributed by atoms with E-state index < -0.39 is 0 Å². The van der Waals surface area contributed by atoms with Crippen molar-refractivity contribution in [3.05, 3.63) is 60.0 Å². The number of anilines is 1. The molecule has 188 valence electrons. The summed E-state index contributed by atoms with van der Waals surface area (Å²) in [5.74, 6) is 2.57. The van der Waals surface area contributed by atoms with Gasteiger partial charge in [0.2, 0.25) is 0 Å². The SMILES string of the molecule is COc1ccc(-c2c(-c3cc(OC)ccc3Cl)sc3nc(-c4cn(C)cn4)nc(NCCC=O)c23)cc1. The summed E-state index contributed by atoms with van der Waals surface area (Å²) < 4.78 is 12.7. The monoisotopic (exact) mass is 533 g/mol. The highest BCUT2D eigenvalue weighted by Crippen LogP contribution is 2.49. The van der Waals surface area contributed by atoms with Crippen LogP contribution >= 0.6 is 22.9 Å². The van der Waals surface area contributed by atoms with Gasteiger partial charge in [-0.15, -0.1) is 11.3 Å². The molecule has 0 saturated carbocycles. The predicted octanol–water partition coefficient (Wildman–Crippen LogP) is 6.10. The van der Waals surface area contributed by atoms with Gasteiger partial charge in [0.25, 0.3) is 0 Å². The average molecular weight is 534 g/mol. The van der Waals surface area contributed by atoms with Gasteiger partial charge in [-0.3, -0.25) is 0 Å². The van der Waals surface area contributed by atoms with Gasteiger partial charge in [-0.1, -0.05) is 23.7 Å². The number of aromatic nitrogens is 4. The molecule has 0 spiro atoms. The van der Waals surface area contributed by atoms with Crippen LogP contribution in [0, 0.1) is 0 Å². The Labute approximate surface area is 222 Å². The highest BCUT2D eigenvalue weighted by atomic mass is 35.5. The Balaban J connectivity index is 1.82. The molecule has 0 fully saturated rings. The number of aldehydes is 1. The van der Waals surface area contributed by atoms with Crippen LogP contribution in [-0.4, -0.2) is 46.6 Å². The quantitative estimate of drug-likeness (QED) is 0.181. The van der Waals surface area contributed by atoms with Gasteiger partial charge in [0.15, 0.2) is 5.82 Å². The van der Waals surface area contributed by atoms with E-state index in [-0.39, 0.29) is 0 Å². The topological polar surface area (TPSA) is 91.2 Å². The van der Waals surface area contributed by atoms with E-state index in [4.69, 9.17) is 31.0 Å². The maximum atomic E-state index is 11.1. The smallest absolute Gasteiger partial charge is 0.183 e. The Bertz CT molecular complexity index is 1580. The van der Waals surface area contributed by atoms with E-state index in [1.165, 1.54) is 11.3 Å². The number of halogens is 1.